The Morgan fingerprint density at radius 3 is 2.24 bits per heavy atom. The zero-order valence-electron chi connectivity index (χ0n) is 10.2. The monoisotopic (exact) mass is 352 g/mol. The van der Waals surface area contributed by atoms with Crippen molar-refractivity contribution in [3.05, 3.63) is 52.0 Å². The Morgan fingerprint density at radius 2 is 1.62 bits per heavy atom. The molecule has 0 aromatic heterocycles. The predicted octanol–water partition coefficient (Wildman–Crippen LogP) is 3.65. The van der Waals surface area contributed by atoms with E-state index in [9.17, 15) is 17.2 Å². The van der Waals surface area contributed by atoms with Crippen LogP contribution in [0.2, 0.25) is 10.0 Å². The van der Waals surface area contributed by atoms with E-state index >= 15 is 0 Å². The SMILES string of the molecule is Nc1cc(Cl)cc(S(=O)(=O)Nc2cc(F)cc(Cl)c2)c1F. The molecule has 0 aliphatic carbocycles. The van der Waals surface area contributed by atoms with Crippen LogP contribution in [-0.2, 0) is 10.0 Å². The summed E-state index contributed by atoms with van der Waals surface area (Å²) in [6.07, 6.45) is 0. The summed E-state index contributed by atoms with van der Waals surface area (Å²) in [6.45, 7) is 0. The maximum atomic E-state index is 13.8. The highest BCUT2D eigenvalue weighted by Crippen LogP contribution is 2.27. The number of benzene rings is 2. The van der Waals surface area contributed by atoms with Crippen LogP contribution in [0.15, 0.2) is 35.2 Å². The Kier molecular flexibility index (Phi) is 4.27. The van der Waals surface area contributed by atoms with Crippen molar-refractivity contribution in [2.24, 2.45) is 0 Å². The van der Waals surface area contributed by atoms with Crippen LogP contribution in [0.3, 0.4) is 0 Å². The normalized spacial score (nSPS) is 11.4. The molecule has 2 aromatic rings. The molecule has 3 N–H and O–H groups in total. The van der Waals surface area contributed by atoms with Crippen LogP contribution in [-0.4, -0.2) is 8.42 Å². The van der Waals surface area contributed by atoms with Gasteiger partial charge in [0, 0.05) is 10.0 Å². The summed E-state index contributed by atoms with van der Waals surface area (Å²) in [5.74, 6) is -1.89. The molecule has 0 fully saturated rings. The number of nitrogens with two attached hydrogens (primary N) is 1. The fourth-order valence-corrected chi connectivity index (χ4v) is 3.29. The quantitative estimate of drug-likeness (QED) is 0.828. The van der Waals surface area contributed by atoms with Crippen molar-refractivity contribution in [1.29, 1.82) is 0 Å². The minimum Gasteiger partial charge on any atom is -0.396 e. The van der Waals surface area contributed by atoms with E-state index in [-0.39, 0.29) is 15.7 Å². The van der Waals surface area contributed by atoms with E-state index in [0.29, 0.717) is 0 Å². The lowest BCUT2D eigenvalue weighted by molar-refractivity contribution is 0.573. The van der Waals surface area contributed by atoms with E-state index in [1.807, 2.05) is 4.72 Å². The van der Waals surface area contributed by atoms with E-state index in [0.717, 1.165) is 24.3 Å². The zero-order chi connectivity index (χ0) is 15.8. The summed E-state index contributed by atoms with van der Waals surface area (Å²) in [5, 5.41) is -0.0645. The number of anilines is 2. The number of nitrogen functional groups attached to an aromatic ring is 1. The summed E-state index contributed by atoms with van der Waals surface area (Å²) >= 11 is 11.3. The second-order valence-corrected chi connectivity index (χ2v) is 6.59. The number of nitrogens with one attached hydrogen (secondary N) is 1. The lowest BCUT2D eigenvalue weighted by atomic mass is 10.3. The lowest BCUT2D eigenvalue weighted by Crippen LogP contribution is -2.15. The van der Waals surface area contributed by atoms with Crippen molar-refractivity contribution < 1.29 is 17.2 Å². The van der Waals surface area contributed by atoms with Crippen molar-refractivity contribution in [3.63, 3.8) is 0 Å². The molecule has 0 atom stereocenters. The van der Waals surface area contributed by atoms with E-state index < -0.39 is 32.2 Å². The van der Waals surface area contributed by atoms with Gasteiger partial charge in [0.1, 0.15) is 10.7 Å². The van der Waals surface area contributed by atoms with Crippen molar-refractivity contribution >= 4 is 44.6 Å². The number of rotatable bonds is 3. The molecule has 4 nitrogen and oxygen atoms in total. The van der Waals surface area contributed by atoms with Gasteiger partial charge in [-0.05, 0) is 30.3 Å². The van der Waals surface area contributed by atoms with Gasteiger partial charge in [-0.25, -0.2) is 17.2 Å². The van der Waals surface area contributed by atoms with Crippen LogP contribution >= 0.6 is 23.2 Å². The molecule has 0 bridgehead atoms. The molecule has 21 heavy (non-hydrogen) atoms. The first-order chi connectivity index (χ1) is 9.69. The fraction of sp³-hybridized carbons (Fsp3) is 0. The molecule has 0 saturated heterocycles. The van der Waals surface area contributed by atoms with Gasteiger partial charge < -0.3 is 5.73 Å². The third-order valence-electron chi connectivity index (χ3n) is 2.44. The van der Waals surface area contributed by atoms with Crippen LogP contribution in [0.25, 0.3) is 0 Å². The smallest absolute Gasteiger partial charge is 0.264 e. The van der Waals surface area contributed by atoms with E-state index in [1.54, 1.807) is 0 Å². The molecule has 112 valence electrons. The van der Waals surface area contributed by atoms with E-state index in [2.05, 4.69) is 0 Å². The van der Waals surface area contributed by atoms with Crippen molar-refractivity contribution in [1.82, 2.24) is 0 Å². The molecular weight excluding hydrogens is 345 g/mol. The summed E-state index contributed by atoms with van der Waals surface area (Å²) in [5.41, 5.74) is 4.76. The topological polar surface area (TPSA) is 72.2 Å². The molecule has 0 unspecified atom stereocenters. The minimum absolute atomic E-state index is 0.0150. The van der Waals surface area contributed by atoms with Crippen LogP contribution in [0.5, 0.6) is 0 Å². The molecule has 0 aliphatic heterocycles. The third kappa shape index (κ3) is 3.55. The molecule has 0 saturated carbocycles. The lowest BCUT2D eigenvalue weighted by Gasteiger charge is -2.11. The average Bonchev–Trinajstić information content (AvgIpc) is 2.31. The molecule has 0 radical (unpaired) electrons. The van der Waals surface area contributed by atoms with Crippen LogP contribution < -0.4 is 10.5 Å². The van der Waals surface area contributed by atoms with Gasteiger partial charge in [0.05, 0.1) is 11.4 Å². The summed E-state index contributed by atoms with van der Waals surface area (Å²) in [4.78, 5) is -0.743. The molecule has 0 spiro atoms. The van der Waals surface area contributed by atoms with Crippen LogP contribution in [0.4, 0.5) is 20.2 Å². The highest BCUT2D eigenvalue weighted by Gasteiger charge is 2.22. The first-order valence-corrected chi connectivity index (χ1v) is 7.66. The standard InChI is InChI=1S/C12H8Cl2F2N2O2S/c13-6-1-8(15)5-9(2-6)18-21(19,20)11-4-7(14)3-10(17)12(11)16/h1-5,18H,17H2. The van der Waals surface area contributed by atoms with Gasteiger partial charge >= 0.3 is 0 Å². The highest BCUT2D eigenvalue weighted by atomic mass is 35.5. The van der Waals surface area contributed by atoms with Crippen LogP contribution in [0, 0.1) is 11.6 Å². The second-order valence-electron chi connectivity index (χ2n) is 4.07. The third-order valence-corrected chi connectivity index (χ3v) is 4.25. The number of hydrogen-bond donors (Lipinski definition) is 2. The predicted molar refractivity (Wildman–Crippen MR) is 78.0 cm³/mol. The minimum atomic E-state index is -4.34. The molecule has 9 heteroatoms. The Labute approximate surface area is 129 Å². The fourth-order valence-electron chi connectivity index (χ4n) is 1.60. The Hall–Kier alpha value is -1.57. The zero-order valence-corrected chi connectivity index (χ0v) is 12.5. The van der Waals surface area contributed by atoms with E-state index in [1.165, 1.54) is 6.07 Å². The Morgan fingerprint density at radius 1 is 1.00 bits per heavy atom. The summed E-state index contributed by atoms with van der Waals surface area (Å²) < 4.78 is 53.3. The molecule has 2 aromatic carbocycles. The maximum absolute atomic E-state index is 13.8. The number of halogens is 4. The average molecular weight is 353 g/mol. The first kappa shape index (κ1) is 15.8. The highest BCUT2D eigenvalue weighted by molar-refractivity contribution is 7.92. The molecular formula is C12H8Cl2F2N2O2S. The largest absolute Gasteiger partial charge is 0.396 e. The Bertz CT molecular complexity index is 793. The van der Waals surface area contributed by atoms with Crippen molar-refractivity contribution in [2.45, 2.75) is 4.90 Å². The Balaban J connectivity index is 2.48. The van der Waals surface area contributed by atoms with Crippen molar-refractivity contribution in [2.75, 3.05) is 10.5 Å². The van der Waals surface area contributed by atoms with Crippen molar-refractivity contribution in [3.8, 4) is 0 Å². The van der Waals surface area contributed by atoms with Gasteiger partial charge in [0.15, 0.2) is 5.82 Å². The number of hydrogen-bond acceptors (Lipinski definition) is 3. The van der Waals surface area contributed by atoms with Gasteiger partial charge in [0.25, 0.3) is 10.0 Å². The second kappa shape index (κ2) is 5.67. The number of sulfonamides is 1. The first-order valence-electron chi connectivity index (χ1n) is 5.42. The van der Waals surface area contributed by atoms with Gasteiger partial charge in [-0.1, -0.05) is 23.2 Å². The van der Waals surface area contributed by atoms with Gasteiger partial charge in [-0.3, -0.25) is 4.72 Å². The van der Waals surface area contributed by atoms with Gasteiger partial charge in [0.2, 0.25) is 0 Å². The van der Waals surface area contributed by atoms with Gasteiger partial charge in [-0.2, -0.15) is 0 Å². The summed E-state index contributed by atoms with van der Waals surface area (Å²) in [6, 6.07) is 5.05. The summed E-state index contributed by atoms with van der Waals surface area (Å²) in [7, 11) is -4.34. The molecule has 0 aliphatic rings. The van der Waals surface area contributed by atoms with Crippen LogP contribution in [0.1, 0.15) is 0 Å². The van der Waals surface area contributed by atoms with Gasteiger partial charge in [-0.15, -0.1) is 0 Å². The molecule has 2 rings (SSSR count). The maximum Gasteiger partial charge on any atom is 0.264 e. The van der Waals surface area contributed by atoms with E-state index in [4.69, 9.17) is 28.9 Å². The molecule has 0 heterocycles. The molecule has 0 amide bonds.